The van der Waals surface area contributed by atoms with Crippen LogP contribution < -0.4 is 20.3 Å². The van der Waals surface area contributed by atoms with Crippen LogP contribution in [-0.2, 0) is 11.2 Å². The van der Waals surface area contributed by atoms with Gasteiger partial charge in [-0.25, -0.2) is 4.79 Å². The number of carbonyl (C=O) groups excluding carboxylic acids is 2. The average Bonchev–Trinajstić information content (AvgIpc) is 2.85. The number of urea groups is 1. The van der Waals surface area contributed by atoms with Crippen molar-refractivity contribution >= 4 is 29.0 Å². The molecule has 2 N–H and O–H groups in total. The third kappa shape index (κ3) is 6.07. The Bertz CT molecular complexity index is 1120. The Morgan fingerprint density at radius 1 is 0.853 bits per heavy atom. The minimum Gasteiger partial charge on any atom is -0.497 e. The fourth-order valence-electron chi connectivity index (χ4n) is 4.05. The summed E-state index contributed by atoms with van der Waals surface area (Å²) in [5.41, 5.74) is 4.70. The van der Waals surface area contributed by atoms with Crippen LogP contribution >= 0.6 is 0 Å². The molecule has 1 aliphatic heterocycles. The van der Waals surface area contributed by atoms with Gasteiger partial charge in [0.1, 0.15) is 5.75 Å². The number of methoxy groups -OCH3 is 1. The Morgan fingerprint density at radius 3 is 2.06 bits per heavy atom. The monoisotopic (exact) mass is 458 g/mol. The molecule has 1 saturated heterocycles. The third-order valence-electron chi connectivity index (χ3n) is 5.91. The third-order valence-corrected chi connectivity index (χ3v) is 5.91. The van der Waals surface area contributed by atoms with E-state index in [9.17, 15) is 9.59 Å². The minimum absolute atomic E-state index is 0.174. The Labute approximate surface area is 200 Å². The average molecular weight is 459 g/mol. The van der Waals surface area contributed by atoms with Crippen molar-refractivity contribution in [2.24, 2.45) is 0 Å². The van der Waals surface area contributed by atoms with E-state index in [2.05, 4.69) is 21.6 Å². The first-order valence-corrected chi connectivity index (χ1v) is 11.4. The van der Waals surface area contributed by atoms with Gasteiger partial charge in [-0.1, -0.05) is 29.8 Å². The molecule has 0 spiro atoms. The fourth-order valence-corrected chi connectivity index (χ4v) is 4.05. The van der Waals surface area contributed by atoms with Crippen molar-refractivity contribution in [3.05, 3.63) is 83.9 Å². The number of hydrogen-bond acceptors (Lipinski definition) is 4. The molecule has 0 radical (unpaired) electrons. The molecular formula is C27H30N4O3. The van der Waals surface area contributed by atoms with E-state index in [4.69, 9.17) is 4.74 Å². The number of carbonyl (C=O) groups is 2. The molecule has 3 amide bonds. The number of amides is 3. The summed E-state index contributed by atoms with van der Waals surface area (Å²) in [5.74, 6) is 0.908. The van der Waals surface area contributed by atoms with Crippen LogP contribution in [-0.4, -0.2) is 50.1 Å². The highest BCUT2D eigenvalue weighted by Crippen LogP contribution is 2.21. The fraction of sp³-hybridized carbons (Fsp3) is 0.259. The molecule has 7 nitrogen and oxygen atoms in total. The highest BCUT2D eigenvalue weighted by molar-refractivity contribution is 5.99. The molecule has 0 aromatic heterocycles. The summed E-state index contributed by atoms with van der Waals surface area (Å²) in [6.45, 7) is 5.01. The Kier molecular flexibility index (Phi) is 7.32. The molecular weight excluding hydrogens is 428 g/mol. The van der Waals surface area contributed by atoms with E-state index in [1.165, 1.54) is 5.56 Å². The Balaban J connectivity index is 1.25. The molecule has 3 aromatic rings. The predicted octanol–water partition coefficient (Wildman–Crippen LogP) is 4.54. The molecule has 0 saturated carbocycles. The SMILES string of the molecule is COc1ccc(NC(=O)Nc2ccc(N3CCN(C(=O)Cc4cccc(C)c4)CC3)cc2)cc1. The van der Waals surface area contributed by atoms with Crippen LogP contribution in [0, 0.1) is 6.92 Å². The van der Waals surface area contributed by atoms with E-state index in [0.717, 1.165) is 30.1 Å². The summed E-state index contributed by atoms with van der Waals surface area (Å²) in [7, 11) is 1.60. The van der Waals surface area contributed by atoms with Crippen molar-refractivity contribution in [2.45, 2.75) is 13.3 Å². The second-order valence-electron chi connectivity index (χ2n) is 8.39. The summed E-state index contributed by atoms with van der Waals surface area (Å²) in [4.78, 5) is 29.2. The van der Waals surface area contributed by atoms with Gasteiger partial charge in [0.15, 0.2) is 0 Å². The van der Waals surface area contributed by atoms with Gasteiger partial charge in [-0.05, 0) is 61.0 Å². The largest absolute Gasteiger partial charge is 0.497 e. The van der Waals surface area contributed by atoms with Crippen LogP contribution in [0.2, 0.25) is 0 Å². The molecule has 1 heterocycles. The summed E-state index contributed by atoms with van der Waals surface area (Å²) in [5, 5.41) is 5.65. The highest BCUT2D eigenvalue weighted by atomic mass is 16.5. The number of hydrogen-bond donors (Lipinski definition) is 2. The molecule has 4 rings (SSSR count). The van der Waals surface area contributed by atoms with Gasteiger partial charge >= 0.3 is 6.03 Å². The van der Waals surface area contributed by atoms with Crippen LogP contribution in [0.4, 0.5) is 21.9 Å². The maximum absolute atomic E-state index is 12.7. The van der Waals surface area contributed by atoms with Crippen LogP contribution in [0.5, 0.6) is 5.75 Å². The molecule has 0 bridgehead atoms. The summed E-state index contributed by atoms with van der Waals surface area (Å²) >= 11 is 0. The summed E-state index contributed by atoms with van der Waals surface area (Å²) in [6.07, 6.45) is 0.445. The van der Waals surface area contributed by atoms with Crippen molar-refractivity contribution < 1.29 is 14.3 Å². The number of anilines is 3. The number of nitrogens with zero attached hydrogens (tertiary/aromatic N) is 2. The molecule has 0 aliphatic carbocycles. The van der Waals surface area contributed by atoms with Gasteiger partial charge in [-0.15, -0.1) is 0 Å². The molecule has 1 aliphatic rings. The quantitative estimate of drug-likeness (QED) is 0.569. The Morgan fingerprint density at radius 2 is 1.47 bits per heavy atom. The number of piperazine rings is 1. The highest BCUT2D eigenvalue weighted by Gasteiger charge is 2.21. The van der Waals surface area contributed by atoms with Gasteiger partial charge in [0, 0.05) is 43.2 Å². The van der Waals surface area contributed by atoms with E-state index in [0.29, 0.717) is 30.9 Å². The first kappa shape index (κ1) is 23.2. The lowest BCUT2D eigenvalue weighted by molar-refractivity contribution is -0.130. The van der Waals surface area contributed by atoms with Gasteiger partial charge in [-0.2, -0.15) is 0 Å². The van der Waals surface area contributed by atoms with Crippen LogP contribution in [0.1, 0.15) is 11.1 Å². The van der Waals surface area contributed by atoms with Crippen LogP contribution in [0.15, 0.2) is 72.8 Å². The second-order valence-corrected chi connectivity index (χ2v) is 8.39. The zero-order chi connectivity index (χ0) is 23.9. The maximum Gasteiger partial charge on any atom is 0.323 e. The second kappa shape index (κ2) is 10.7. The van der Waals surface area contributed by atoms with Crippen molar-refractivity contribution in [3.63, 3.8) is 0 Å². The number of aryl methyl sites for hydroxylation is 1. The standard InChI is InChI=1S/C27H30N4O3/c1-20-4-3-5-21(18-20)19-26(32)31-16-14-30(15-17-31)24-10-6-22(7-11-24)28-27(33)29-23-8-12-25(34-2)13-9-23/h3-13,18H,14-17,19H2,1-2H3,(H2,28,29,33). The zero-order valence-corrected chi connectivity index (χ0v) is 19.6. The van der Waals surface area contributed by atoms with E-state index in [1.807, 2.05) is 54.3 Å². The van der Waals surface area contributed by atoms with Gasteiger partial charge in [-0.3, -0.25) is 4.79 Å². The van der Waals surface area contributed by atoms with Crippen molar-refractivity contribution in [2.75, 3.05) is 48.8 Å². The maximum atomic E-state index is 12.7. The number of nitrogens with one attached hydrogen (secondary N) is 2. The van der Waals surface area contributed by atoms with Crippen LogP contribution in [0.3, 0.4) is 0 Å². The number of ether oxygens (including phenoxy) is 1. The molecule has 176 valence electrons. The van der Waals surface area contributed by atoms with Gasteiger partial charge in [0.2, 0.25) is 5.91 Å². The van der Waals surface area contributed by atoms with E-state index in [1.54, 1.807) is 31.4 Å². The van der Waals surface area contributed by atoms with Crippen LogP contribution in [0.25, 0.3) is 0 Å². The molecule has 3 aromatic carbocycles. The van der Waals surface area contributed by atoms with E-state index < -0.39 is 0 Å². The lowest BCUT2D eigenvalue weighted by atomic mass is 10.1. The van der Waals surface area contributed by atoms with E-state index in [-0.39, 0.29) is 11.9 Å². The smallest absolute Gasteiger partial charge is 0.323 e. The van der Waals surface area contributed by atoms with Gasteiger partial charge in [0.05, 0.1) is 13.5 Å². The molecule has 0 unspecified atom stereocenters. The molecule has 0 atom stereocenters. The number of benzene rings is 3. The molecule has 1 fully saturated rings. The lowest BCUT2D eigenvalue weighted by Gasteiger charge is -2.36. The van der Waals surface area contributed by atoms with Gasteiger partial charge in [0.25, 0.3) is 0 Å². The normalized spacial score (nSPS) is 13.4. The molecule has 34 heavy (non-hydrogen) atoms. The predicted molar refractivity (Wildman–Crippen MR) is 136 cm³/mol. The van der Waals surface area contributed by atoms with Crippen molar-refractivity contribution in [1.29, 1.82) is 0 Å². The van der Waals surface area contributed by atoms with Crippen molar-refractivity contribution in [3.8, 4) is 5.75 Å². The number of rotatable bonds is 6. The minimum atomic E-state index is -0.307. The lowest BCUT2D eigenvalue weighted by Crippen LogP contribution is -2.49. The van der Waals surface area contributed by atoms with Gasteiger partial charge < -0.3 is 25.2 Å². The molecule has 7 heteroatoms. The van der Waals surface area contributed by atoms with E-state index >= 15 is 0 Å². The first-order valence-electron chi connectivity index (χ1n) is 11.4. The first-order chi connectivity index (χ1) is 16.5. The summed E-state index contributed by atoms with van der Waals surface area (Å²) in [6, 6.07) is 22.7. The topological polar surface area (TPSA) is 73.9 Å². The van der Waals surface area contributed by atoms with Crippen molar-refractivity contribution in [1.82, 2.24) is 4.90 Å². The zero-order valence-electron chi connectivity index (χ0n) is 19.6. The summed E-state index contributed by atoms with van der Waals surface area (Å²) < 4.78 is 5.12. The Hall–Kier alpha value is -4.00.